The van der Waals surface area contributed by atoms with Gasteiger partial charge in [0.25, 0.3) is 0 Å². The van der Waals surface area contributed by atoms with Gasteiger partial charge in [0.2, 0.25) is 5.91 Å². The number of hydrogen-bond donors (Lipinski definition) is 1. The minimum absolute atomic E-state index is 0.0126. The first-order valence-corrected chi connectivity index (χ1v) is 8.76. The Labute approximate surface area is 148 Å². The second-order valence-electron chi connectivity index (χ2n) is 7.08. The predicted molar refractivity (Wildman–Crippen MR) is 97.7 cm³/mol. The van der Waals surface area contributed by atoms with Crippen LogP contribution in [0.15, 0.2) is 42.5 Å². The van der Waals surface area contributed by atoms with E-state index in [0.29, 0.717) is 12.6 Å². The van der Waals surface area contributed by atoms with Crippen LogP contribution in [0, 0.1) is 19.7 Å². The minimum atomic E-state index is -0.429. The number of halogens is 1. The van der Waals surface area contributed by atoms with Gasteiger partial charge in [-0.1, -0.05) is 35.9 Å². The van der Waals surface area contributed by atoms with Gasteiger partial charge in [-0.3, -0.25) is 9.69 Å². The van der Waals surface area contributed by atoms with Crippen molar-refractivity contribution in [2.45, 2.75) is 45.3 Å². The van der Waals surface area contributed by atoms with Crippen molar-refractivity contribution in [1.82, 2.24) is 10.2 Å². The third kappa shape index (κ3) is 4.45. The molecule has 0 saturated heterocycles. The maximum Gasteiger partial charge on any atom is 0.242 e. The predicted octanol–water partition coefficient (Wildman–Crippen LogP) is 3.89. The molecule has 0 radical (unpaired) electrons. The van der Waals surface area contributed by atoms with Crippen LogP contribution in [0.25, 0.3) is 0 Å². The van der Waals surface area contributed by atoms with E-state index in [9.17, 15) is 9.18 Å². The van der Waals surface area contributed by atoms with Gasteiger partial charge in [-0.15, -0.1) is 0 Å². The number of nitrogens with one attached hydrogen (secondary N) is 1. The Morgan fingerprint density at radius 2 is 1.88 bits per heavy atom. The minimum Gasteiger partial charge on any atom is -0.352 e. The number of carbonyl (C=O) groups excluding carboxylic acids is 1. The number of rotatable bonds is 6. The molecular formula is C21H25FN2O. The van der Waals surface area contributed by atoms with Crippen LogP contribution < -0.4 is 5.32 Å². The van der Waals surface area contributed by atoms with E-state index in [4.69, 9.17) is 0 Å². The van der Waals surface area contributed by atoms with Gasteiger partial charge in [0, 0.05) is 12.6 Å². The summed E-state index contributed by atoms with van der Waals surface area (Å²) in [6.45, 7) is 4.82. The summed E-state index contributed by atoms with van der Waals surface area (Å²) < 4.78 is 13.3. The van der Waals surface area contributed by atoms with Gasteiger partial charge in [-0.2, -0.15) is 0 Å². The first-order chi connectivity index (χ1) is 11.9. The van der Waals surface area contributed by atoms with Crippen molar-refractivity contribution in [3.05, 3.63) is 70.5 Å². The lowest BCUT2D eigenvalue weighted by atomic mass is 10.0. The van der Waals surface area contributed by atoms with Crippen LogP contribution in [0.5, 0.6) is 0 Å². The van der Waals surface area contributed by atoms with Gasteiger partial charge in [-0.05, 0) is 62.6 Å². The number of carbonyl (C=O) groups is 1. The molecule has 132 valence electrons. The van der Waals surface area contributed by atoms with Gasteiger partial charge >= 0.3 is 0 Å². The largest absolute Gasteiger partial charge is 0.352 e. The summed E-state index contributed by atoms with van der Waals surface area (Å²) in [5.41, 5.74) is 4.45. The molecule has 0 aliphatic heterocycles. The lowest BCUT2D eigenvalue weighted by Gasteiger charge is -2.28. The molecule has 1 atom stereocenters. The number of benzene rings is 2. The van der Waals surface area contributed by atoms with Crippen molar-refractivity contribution in [2.75, 3.05) is 7.05 Å². The lowest BCUT2D eigenvalue weighted by Crippen LogP contribution is -2.39. The Morgan fingerprint density at radius 1 is 1.20 bits per heavy atom. The molecule has 1 amide bonds. The lowest BCUT2D eigenvalue weighted by molar-refractivity contribution is -0.126. The standard InChI is InChI=1S/C21H25FN2O/c1-14-4-5-17(15(2)12-14)13-24(3)20(21(25)23-19-10-11-19)16-6-8-18(22)9-7-16/h4-9,12,19-20H,10-11,13H2,1-3H3,(H,23,25)/t20-/m0/s1. The molecule has 4 heteroatoms. The fourth-order valence-corrected chi connectivity index (χ4v) is 3.14. The number of hydrogen-bond acceptors (Lipinski definition) is 2. The van der Waals surface area contributed by atoms with E-state index in [-0.39, 0.29) is 11.7 Å². The molecule has 1 aliphatic carbocycles. The van der Waals surface area contributed by atoms with E-state index in [1.165, 1.54) is 28.8 Å². The van der Waals surface area contributed by atoms with Crippen LogP contribution in [-0.4, -0.2) is 23.9 Å². The van der Waals surface area contributed by atoms with E-state index in [2.05, 4.69) is 37.4 Å². The van der Waals surface area contributed by atoms with Gasteiger partial charge in [0.1, 0.15) is 11.9 Å². The van der Waals surface area contributed by atoms with Crippen molar-refractivity contribution >= 4 is 5.91 Å². The molecule has 3 rings (SSSR count). The average molecular weight is 340 g/mol. The van der Waals surface area contributed by atoms with Crippen LogP contribution in [0.4, 0.5) is 4.39 Å². The second-order valence-corrected chi connectivity index (χ2v) is 7.08. The van der Waals surface area contributed by atoms with Crippen molar-refractivity contribution < 1.29 is 9.18 Å². The third-order valence-electron chi connectivity index (χ3n) is 4.72. The number of likely N-dealkylation sites (N-methyl/N-ethyl adjacent to an activating group) is 1. The normalized spacial score (nSPS) is 15.2. The van der Waals surface area contributed by atoms with E-state index in [1.54, 1.807) is 12.1 Å². The van der Waals surface area contributed by atoms with E-state index < -0.39 is 6.04 Å². The average Bonchev–Trinajstić information content (AvgIpc) is 3.36. The summed E-state index contributed by atoms with van der Waals surface area (Å²) in [6, 6.07) is 12.5. The molecular weight excluding hydrogens is 315 g/mol. The molecule has 0 unspecified atom stereocenters. The molecule has 1 fully saturated rings. The quantitative estimate of drug-likeness (QED) is 0.865. The number of aryl methyl sites for hydroxylation is 2. The van der Waals surface area contributed by atoms with Crippen LogP contribution >= 0.6 is 0 Å². The summed E-state index contributed by atoms with van der Waals surface area (Å²) in [6.07, 6.45) is 2.09. The first-order valence-electron chi connectivity index (χ1n) is 8.76. The van der Waals surface area contributed by atoms with Crippen LogP contribution in [0.3, 0.4) is 0 Å². The summed E-state index contributed by atoms with van der Waals surface area (Å²) in [5.74, 6) is -0.302. The van der Waals surface area contributed by atoms with E-state index in [0.717, 1.165) is 18.4 Å². The highest BCUT2D eigenvalue weighted by Crippen LogP contribution is 2.26. The van der Waals surface area contributed by atoms with Crippen molar-refractivity contribution in [2.24, 2.45) is 0 Å². The van der Waals surface area contributed by atoms with Crippen molar-refractivity contribution in [3.63, 3.8) is 0 Å². The third-order valence-corrected chi connectivity index (χ3v) is 4.72. The topological polar surface area (TPSA) is 32.3 Å². The smallest absolute Gasteiger partial charge is 0.242 e. The highest BCUT2D eigenvalue weighted by molar-refractivity contribution is 5.83. The molecule has 0 aromatic heterocycles. The molecule has 0 heterocycles. The molecule has 25 heavy (non-hydrogen) atoms. The van der Waals surface area contributed by atoms with Gasteiger partial charge in [0.15, 0.2) is 0 Å². The maximum absolute atomic E-state index is 13.3. The second kappa shape index (κ2) is 7.36. The SMILES string of the molecule is Cc1ccc(CN(C)[C@H](C(=O)NC2CC2)c2ccc(F)cc2)c(C)c1. The fraction of sp³-hybridized carbons (Fsp3) is 0.381. The summed E-state index contributed by atoms with van der Waals surface area (Å²) in [5, 5.41) is 3.08. The van der Waals surface area contributed by atoms with E-state index in [1.807, 2.05) is 11.9 Å². The molecule has 2 aromatic carbocycles. The Morgan fingerprint density at radius 3 is 2.48 bits per heavy atom. The number of amides is 1. The summed E-state index contributed by atoms with van der Waals surface area (Å²) in [4.78, 5) is 14.8. The molecule has 1 N–H and O–H groups in total. The molecule has 1 saturated carbocycles. The zero-order chi connectivity index (χ0) is 18.0. The van der Waals surface area contributed by atoms with Crippen LogP contribution in [-0.2, 0) is 11.3 Å². The van der Waals surface area contributed by atoms with Gasteiger partial charge < -0.3 is 5.32 Å². The van der Waals surface area contributed by atoms with Crippen molar-refractivity contribution in [1.29, 1.82) is 0 Å². The Bertz CT molecular complexity index is 753. The summed E-state index contributed by atoms with van der Waals surface area (Å²) in [7, 11) is 1.94. The Kier molecular flexibility index (Phi) is 5.19. The van der Waals surface area contributed by atoms with Crippen LogP contribution in [0.2, 0.25) is 0 Å². The molecule has 3 nitrogen and oxygen atoms in total. The monoisotopic (exact) mass is 340 g/mol. The zero-order valence-electron chi connectivity index (χ0n) is 15.1. The highest BCUT2D eigenvalue weighted by atomic mass is 19.1. The summed E-state index contributed by atoms with van der Waals surface area (Å²) >= 11 is 0. The maximum atomic E-state index is 13.3. The zero-order valence-corrected chi connectivity index (χ0v) is 15.1. The highest BCUT2D eigenvalue weighted by Gasteiger charge is 2.30. The molecule has 0 spiro atoms. The molecule has 1 aliphatic rings. The molecule has 2 aromatic rings. The van der Waals surface area contributed by atoms with Crippen LogP contribution in [0.1, 0.15) is 41.1 Å². The fourth-order valence-electron chi connectivity index (χ4n) is 3.14. The Hall–Kier alpha value is -2.20. The van der Waals surface area contributed by atoms with E-state index >= 15 is 0 Å². The Balaban J connectivity index is 1.83. The number of nitrogens with zero attached hydrogens (tertiary/aromatic N) is 1. The van der Waals surface area contributed by atoms with Gasteiger partial charge in [-0.25, -0.2) is 4.39 Å². The van der Waals surface area contributed by atoms with Crippen molar-refractivity contribution in [3.8, 4) is 0 Å². The first kappa shape index (κ1) is 17.6. The van der Waals surface area contributed by atoms with Gasteiger partial charge in [0.05, 0.1) is 0 Å². The molecule has 0 bridgehead atoms.